The van der Waals surface area contributed by atoms with E-state index in [9.17, 15) is 5.26 Å². The number of aromatic nitrogens is 2. The van der Waals surface area contributed by atoms with Gasteiger partial charge in [0.1, 0.15) is 11.2 Å². The molecule has 0 unspecified atom stereocenters. The van der Waals surface area contributed by atoms with Gasteiger partial charge in [-0.15, -0.1) is 0 Å². The van der Waals surface area contributed by atoms with Crippen LogP contribution in [0, 0.1) is 11.3 Å². The van der Waals surface area contributed by atoms with E-state index in [4.69, 9.17) is 14.4 Å². The molecule has 0 fully saturated rings. The fourth-order valence-electron chi connectivity index (χ4n) is 5.96. The quantitative estimate of drug-likeness (QED) is 0.205. The van der Waals surface area contributed by atoms with Crippen LogP contribution >= 0.6 is 0 Å². The van der Waals surface area contributed by atoms with Crippen LogP contribution in [0.3, 0.4) is 0 Å². The summed E-state index contributed by atoms with van der Waals surface area (Å²) < 4.78 is 6.29. The average Bonchev–Trinajstić information content (AvgIpc) is 3.51. The van der Waals surface area contributed by atoms with Crippen molar-refractivity contribution in [2.24, 2.45) is 0 Å². The smallest absolute Gasteiger partial charge is 0.160 e. The van der Waals surface area contributed by atoms with Crippen LogP contribution in [0.1, 0.15) is 5.56 Å². The summed E-state index contributed by atoms with van der Waals surface area (Å²) in [4.78, 5) is 9.95. The SMILES string of the molecule is N#Cc1ccc(-c2ccc3oc4ccccc4c3c2-c2ccc(-c3cc(-c4ccccc4)nc(-c4ccccc4)n3)cc2)cc1. The van der Waals surface area contributed by atoms with Gasteiger partial charge in [0.15, 0.2) is 5.82 Å². The number of nitrogens with zero attached hydrogens (tertiary/aromatic N) is 3. The second-order valence-corrected chi connectivity index (χ2v) is 10.9. The first-order chi connectivity index (χ1) is 22.2. The number of hydrogen-bond acceptors (Lipinski definition) is 4. The van der Waals surface area contributed by atoms with E-state index in [1.54, 1.807) is 0 Å². The lowest BCUT2D eigenvalue weighted by atomic mass is 9.90. The Bertz CT molecular complexity index is 2290. The highest BCUT2D eigenvalue weighted by molar-refractivity contribution is 6.15. The predicted molar refractivity (Wildman–Crippen MR) is 181 cm³/mol. The van der Waals surface area contributed by atoms with E-state index >= 15 is 0 Å². The largest absolute Gasteiger partial charge is 0.456 e. The highest BCUT2D eigenvalue weighted by atomic mass is 16.3. The van der Waals surface area contributed by atoms with Crippen LogP contribution in [-0.4, -0.2) is 9.97 Å². The van der Waals surface area contributed by atoms with Crippen LogP contribution in [0.4, 0.5) is 0 Å². The van der Waals surface area contributed by atoms with Crippen LogP contribution in [0.5, 0.6) is 0 Å². The van der Waals surface area contributed by atoms with Gasteiger partial charge in [-0.25, -0.2) is 9.97 Å². The zero-order valence-electron chi connectivity index (χ0n) is 24.2. The minimum atomic E-state index is 0.633. The normalized spacial score (nSPS) is 11.1. The van der Waals surface area contributed by atoms with Crippen LogP contribution in [0.2, 0.25) is 0 Å². The standard InChI is InChI=1S/C41H25N3O/c42-26-27-15-17-28(18-16-27)33-23-24-38-40(34-13-7-8-14-37(34)45-38)39(33)31-21-19-30(20-22-31)36-25-35(29-9-3-1-4-10-29)43-41(44-36)32-11-5-2-6-12-32/h1-25H. The number of para-hydroxylation sites is 1. The topological polar surface area (TPSA) is 62.7 Å². The molecule has 0 spiro atoms. The average molecular weight is 576 g/mol. The van der Waals surface area contributed by atoms with E-state index in [1.165, 1.54) is 0 Å². The predicted octanol–water partition coefficient (Wildman–Crippen LogP) is 10.6. The van der Waals surface area contributed by atoms with Gasteiger partial charge in [-0.3, -0.25) is 0 Å². The monoisotopic (exact) mass is 575 g/mol. The Balaban J connectivity index is 1.30. The second-order valence-electron chi connectivity index (χ2n) is 10.9. The fraction of sp³-hybridized carbons (Fsp3) is 0. The van der Waals surface area contributed by atoms with Crippen LogP contribution in [-0.2, 0) is 0 Å². The molecular formula is C41H25N3O. The Hall–Kier alpha value is -6.31. The third-order valence-corrected chi connectivity index (χ3v) is 8.17. The van der Waals surface area contributed by atoms with E-state index in [1.807, 2.05) is 97.1 Å². The zero-order chi connectivity index (χ0) is 30.2. The van der Waals surface area contributed by atoms with Crippen molar-refractivity contribution in [2.45, 2.75) is 0 Å². The number of nitriles is 1. The summed E-state index contributed by atoms with van der Waals surface area (Å²) in [7, 11) is 0. The van der Waals surface area contributed by atoms with Crippen molar-refractivity contribution in [1.29, 1.82) is 5.26 Å². The van der Waals surface area contributed by atoms with Crippen molar-refractivity contribution in [2.75, 3.05) is 0 Å². The summed E-state index contributed by atoms with van der Waals surface area (Å²) in [6.07, 6.45) is 0. The molecule has 0 saturated heterocycles. The molecule has 0 atom stereocenters. The summed E-state index contributed by atoms with van der Waals surface area (Å²) >= 11 is 0. The molecule has 2 aromatic heterocycles. The molecule has 0 aliphatic carbocycles. The maximum absolute atomic E-state index is 9.38. The number of rotatable bonds is 5. The molecule has 0 saturated carbocycles. The maximum atomic E-state index is 9.38. The maximum Gasteiger partial charge on any atom is 0.160 e. The lowest BCUT2D eigenvalue weighted by Gasteiger charge is -2.14. The zero-order valence-corrected chi connectivity index (χ0v) is 24.2. The van der Waals surface area contributed by atoms with Crippen LogP contribution in [0.15, 0.2) is 156 Å². The van der Waals surface area contributed by atoms with Gasteiger partial charge in [0.05, 0.1) is 23.0 Å². The van der Waals surface area contributed by atoms with Gasteiger partial charge < -0.3 is 4.42 Å². The molecule has 8 rings (SSSR count). The lowest BCUT2D eigenvalue weighted by molar-refractivity contribution is 0.669. The molecule has 0 aliphatic heterocycles. The summed E-state index contributed by atoms with van der Waals surface area (Å²) in [6.45, 7) is 0. The molecule has 8 aromatic rings. The Labute approximate surface area is 260 Å². The minimum absolute atomic E-state index is 0.633. The Morgan fingerprint density at radius 1 is 0.489 bits per heavy atom. The third-order valence-electron chi connectivity index (χ3n) is 8.17. The van der Waals surface area contributed by atoms with Gasteiger partial charge in [0.25, 0.3) is 0 Å². The first kappa shape index (κ1) is 26.3. The number of furan rings is 1. The molecule has 4 nitrogen and oxygen atoms in total. The molecule has 0 N–H and O–H groups in total. The summed E-state index contributed by atoms with van der Waals surface area (Å²) in [5, 5.41) is 11.5. The van der Waals surface area contributed by atoms with Gasteiger partial charge in [0.2, 0.25) is 0 Å². The summed E-state index contributed by atoms with van der Waals surface area (Å²) in [5.74, 6) is 0.689. The van der Waals surface area contributed by atoms with Gasteiger partial charge in [-0.05, 0) is 47.0 Å². The van der Waals surface area contributed by atoms with Crippen molar-refractivity contribution >= 4 is 21.9 Å². The molecule has 0 amide bonds. The molecule has 0 bridgehead atoms. The van der Waals surface area contributed by atoms with E-state index < -0.39 is 0 Å². The van der Waals surface area contributed by atoms with Crippen molar-refractivity contribution in [3.63, 3.8) is 0 Å². The molecule has 0 radical (unpaired) electrons. The highest BCUT2D eigenvalue weighted by Crippen LogP contribution is 2.43. The van der Waals surface area contributed by atoms with E-state index in [2.05, 4.69) is 60.7 Å². The fourth-order valence-corrected chi connectivity index (χ4v) is 5.96. The highest BCUT2D eigenvalue weighted by Gasteiger charge is 2.18. The van der Waals surface area contributed by atoms with Crippen molar-refractivity contribution in [3.05, 3.63) is 157 Å². The van der Waals surface area contributed by atoms with Gasteiger partial charge in [-0.1, -0.05) is 121 Å². The van der Waals surface area contributed by atoms with Gasteiger partial charge in [0, 0.05) is 33.0 Å². The molecular weight excluding hydrogens is 550 g/mol. The van der Waals surface area contributed by atoms with Crippen molar-refractivity contribution in [1.82, 2.24) is 9.97 Å². The minimum Gasteiger partial charge on any atom is -0.456 e. The Kier molecular flexibility index (Phi) is 6.48. The Morgan fingerprint density at radius 3 is 1.76 bits per heavy atom. The van der Waals surface area contributed by atoms with Gasteiger partial charge in [-0.2, -0.15) is 5.26 Å². The van der Waals surface area contributed by atoms with E-state index in [0.29, 0.717) is 11.4 Å². The molecule has 210 valence electrons. The number of benzene rings is 6. The second kappa shape index (κ2) is 11.1. The molecule has 45 heavy (non-hydrogen) atoms. The lowest BCUT2D eigenvalue weighted by Crippen LogP contribution is -1.96. The van der Waals surface area contributed by atoms with Crippen LogP contribution < -0.4 is 0 Å². The molecule has 2 heterocycles. The molecule has 4 heteroatoms. The number of fused-ring (bicyclic) bond motifs is 3. The first-order valence-electron chi connectivity index (χ1n) is 14.8. The van der Waals surface area contributed by atoms with Crippen molar-refractivity contribution < 1.29 is 4.42 Å². The third kappa shape index (κ3) is 4.83. The summed E-state index contributed by atoms with van der Waals surface area (Å²) in [6, 6.07) is 53.2. The van der Waals surface area contributed by atoms with Gasteiger partial charge >= 0.3 is 0 Å². The summed E-state index contributed by atoms with van der Waals surface area (Å²) in [5.41, 5.74) is 11.3. The molecule has 6 aromatic carbocycles. The van der Waals surface area contributed by atoms with E-state index in [0.717, 1.165) is 72.3 Å². The number of hydrogen-bond donors (Lipinski definition) is 0. The van der Waals surface area contributed by atoms with E-state index in [-0.39, 0.29) is 0 Å². The Morgan fingerprint density at radius 2 is 1.07 bits per heavy atom. The first-order valence-corrected chi connectivity index (χ1v) is 14.8. The molecule has 0 aliphatic rings. The van der Waals surface area contributed by atoms with Crippen LogP contribution in [0.25, 0.3) is 78.1 Å². The van der Waals surface area contributed by atoms with Crippen molar-refractivity contribution in [3.8, 4) is 62.2 Å².